The number of amides is 2. The maximum atomic E-state index is 12.7. The number of H-pyrrole nitrogens is 1. The standard InChI is InChI=1S/C18H24N4O3/c1-12-7-8-15(25-12)13-11-14(21-20-13)16(23)19-18(17(24)22(2)3)9-5-4-6-10-18/h7-8,11H,4-6,9-10H2,1-3H3,(H,19,23)(H,20,21). The molecule has 0 unspecified atom stereocenters. The predicted molar refractivity (Wildman–Crippen MR) is 93.0 cm³/mol. The number of aryl methyl sites for hydroxylation is 1. The fourth-order valence-corrected chi connectivity index (χ4v) is 3.40. The van der Waals surface area contributed by atoms with Gasteiger partial charge in [-0.3, -0.25) is 14.7 Å². The summed E-state index contributed by atoms with van der Waals surface area (Å²) in [7, 11) is 3.44. The molecule has 2 aromatic rings. The molecule has 2 amide bonds. The Bertz CT molecular complexity index is 769. The molecule has 25 heavy (non-hydrogen) atoms. The van der Waals surface area contributed by atoms with E-state index in [4.69, 9.17) is 4.42 Å². The summed E-state index contributed by atoms with van der Waals surface area (Å²) in [6, 6.07) is 5.32. The lowest BCUT2D eigenvalue weighted by molar-refractivity contribution is -0.136. The molecule has 1 saturated carbocycles. The Labute approximate surface area is 146 Å². The van der Waals surface area contributed by atoms with Crippen molar-refractivity contribution in [3.63, 3.8) is 0 Å². The van der Waals surface area contributed by atoms with E-state index in [0.717, 1.165) is 25.0 Å². The van der Waals surface area contributed by atoms with Crippen molar-refractivity contribution in [1.29, 1.82) is 0 Å². The van der Waals surface area contributed by atoms with Crippen molar-refractivity contribution in [1.82, 2.24) is 20.4 Å². The summed E-state index contributed by atoms with van der Waals surface area (Å²) in [6.07, 6.45) is 4.26. The zero-order chi connectivity index (χ0) is 18.0. The maximum absolute atomic E-state index is 12.7. The third-order valence-electron chi connectivity index (χ3n) is 4.69. The molecule has 134 valence electrons. The first-order valence-electron chi connectivity index (χ1n) is 8.58. The third-order valence-corrected chi connectivity index (χ3v) is 4.69. The van der Waals surface area contributed by atoms with Crippen LogP contribution >= 0.6 is 0 Å². The topological polar surface area (TPSA) is 91.2 Å². The second-order valence-corrected chi connectivity index (χ2v) is 6.87. The number of hydrogen-bond donors (Lipinski definition) is 2. The molecule has 1 fully saturated rings. The number of carbonyl (C=O) groups excluding carboxylic acids is 2. The van der Waals surface area contributed by atoms with Crippen LogP contribution in [0.15, 0.2) is 22.6 Å². The van der Waals surface area contributed by atoms with Crippen molar-refractivity contribution in [3.05, 3.63) is 29.7 Å². The summed E-state index contributed by atoms with van der Waals surface area (Å²) in [6.45, 7) is 1.85. The summed E-state index contributed by atoms with van der Waals surface area (Å²) in [5.74, 6) is 1.01. The van der Waals surface area contributed by atoms with Crippen molar-refractivity contribution in [2.24, 2.45) is 0 Å². The zero-order valence-corrected chi connectivity index (χ0v) is 14.9. The number of aromatic amines is 1. The molecule has 0 spiro atoms. The molecule has 2 N–H and O–H groups in total. The Morgan fingerprint density at radius 2 is 1.96 bits per heavy atom. The molecule has 0 aliphatic heterocycles. The van der Waals surface area contributed by atoms with Crippen LogP contribution in [0.4, 0.5) is 0 Å². The molecule has 7 heteroatoms. The van der Waals surface area contributed by atoms with Gasteiger partial charge in [-0.25, -0.2) is 0 Å². The molecule has 1 aliphatic carbocycles. The number of furan rings is 1. The van der Waals surface area contributed by atoms with Gasteiger partial charge in [-0.15, -0.1) is 0 Å². The van der Waals surface area contributed by atoms with Gasteiger partial charge in [0.15, 0.2) is 11.5 Å². The van der Waals surface area contributed by atoms with Gasteiger partial charge < -0.3 is 14.6 Å². The van der Waals surface area contributed by atoms with E-state index in [9.17, 15) is 9.59 Å². The van der Waals surface area contributed by atoms with E-state index in [2.05, 4.69) is 15.5 Å². The molecule has 0 radical (unpaired) electrons. The van der Waals surface area contributed by atoms with Crippen LogP contribution in [0.3, 0.4) is 0 Å². The summed E-state index contributed by atoms with van der Waals surface area (Å²) in [5, 5.41) is 9.86. The van der Waals surface area contributed by atoms with Crippen LogP contribution in [0.5, 0.6) is 0 Å². The van der Waals surface area contributed by atoms with Gasteiger partial charge in [0, 0.05) is 20.2 Å². The minimum atomic E-state index is -0.834. The Balaban J connectivity index is 1.80. The number of aromatic nitrogens is 2. The largest absolute Gasteiger partial charge is 0.460 e. The van der Waals surface area contributed by atoms with Crippen molar-refractivity contribution >= 4 is 11.8 Å². The Hall–Kier alpha value is -2.57. The van der Waals surface area contributed by atoms with Gasteiger partial charge in [0.2, 0.25) is 5.91 Å². The van der Waals surface area contributed by atoms with Gasteiger partial charge in [-0.05, 0) is 31.9 Å². The minimum Gasteiger partial charge on any atom is -0.460 e. The maximum Gasteiger partial charge on any atom is 0.272 e. The zero-order valence-electron chi connectivity index (χ0n) is 14.9. The lowest BCUT2D eigenvalue weighted by Crippen LogP contribution is -2.59. The molecule has 2 heterocycles. The number of nitrogens with zero attached hydrogens (tertiary/aromatic N) is 2. The van der Waals surface area contributed by atoms with Crippen molar-refractivity contribution in [2.75, 3.05) is 14.1 Å². The van der Waals surface area contributed by atoms with Crippen molar-refractivity contribution in [3.8, 4) is 11.5 Å². The smallest absolute Gasteiger partial charge is 0.272 e. The number of likely N-dealkylation sites (N-methyl/N-ethyl adjacent to an activating group) is 1. The molecule has 7 nitrogen and oxygen atoms in total. The Kier molecular flexibility index (Phi) is 4.65. The molecule has 0 atom stereocenters. The monoisotopic (exact) mass is 344 g/mol. The van der Waals surface area contributed by atoms with E-state index in [1.54, 1.807) is 25.1 Å². The van der Waals surface area contributed by atoms with E-state index >= 15 is 0 Å². The van der Waals surface area contributed by atoms with Gasteiger partial charge in [0.25, 0.3) is 5.91 Å². The summed E-state index contributed by atoms with van der Waals surface area (Å²) >= 11 is 0. The normalized spacial score (nSPS) is 16.4. The van der Waals surface area contributed by atoms with Crippen LogP contribution in [0, 0.1) is 6.92 Å². The lowest BCUT2D eigenvalue weighted by Gasteiger charge is -2.38. The quantitative estimate of drug-likeness (QED) is 0.891. The van der Waals surface area contributed by atoms with E-state index < -0.39 is 5.54 Å². The van der Waals surface area contributed by atoms with E-state index in [-0.39, 0.29) is 17.5 Å². The van der Waals surface area contributed by atoms with Crippen LogP contribution in [0.2, 0.25) is 0 Å². The van der Waals surface area contributed by atoms with Gasteiger partial charge in [-0.2, -0.15) is 5.10 Å². The number of rotatable bonds is 4. The minimum absolute atomic E-state index is 0.0574. The average molecular weight is 344 g/mol. The van der Waals surface area contributed by atoms with Gasteiger partial charge in [0.1, 0.15) is 17.0 Å². The van der Waals surface area contributed by atoms with Crippen LogP contribution in [-0.4, -0.2) is 46.5 Å². The van der Waals surface area contributed by atoms with Crippen LogP contribution in [-0.2, 0) is 4.79 Å². The van der Waals surface area contributed by atoms with Crippen molar-refractivity contribution in [2.45, 2.75) is 44.6 Å². The molecular formula is C18H24N4O3. The first-order chi connectivity index (χ1) is 11.9. The highest BCUT2D eigenvalue weighted by Crippen LogP contribution is 2.30. The van der Waals surface area contributed by atoms with E-state index in [1.165, 1.54) is 0 Å². The second-order valence-electron chi connectivity index (χ2n) is 6.87. The molecule has 2 aromatic heterocycles. The highest BCUT2D eigenvalue weighted by molar-refractivity contribution is 5.98. The number of carbonyl (C=O) groups is 2. The molecular weight excluding hydrogens is 320 g/mol. The SMILES string of the molecule is Cc1ccc(-c2cc(C(=O)NC3(C(=O)N(C)C)CCCCC3)n[nH]2)o1. The van der Waals surface area contributed by atoms with E-state index in [1.807, 2.05) is 19.1 Å². The van der Waals surface area contributed by atoms with Crippen LogP contribution < -0.4 is 5.32 Å². The number of hydrogen-bond acceptors (Lipinski definition) is 4. The summed E-state index contributed by atoms with van der Waals surface area (Å²) in [5.41, 5.74) is 0.0506. The van der Waals surface area contributed by atoms with Crippen LogP contribution in [0.25, 0.3) is 11.5 Å². The first kappa shape index (κ1) is 17.3. The molecule has 0 bridgehead atoms. The van der Waals surface area contributed by atoms with Gasteiger partial charge in [0.05, 0.1) is 0 Å². The Morgan fingerprint density at radius 1 is 1.24 bits per heavy atom. The van der Waals surface area contributed by atoms with Crippen LogP contribution in [0.1, 0.15) is 48.4 Å². The second kappa shape index (κ2) is 6.74. The molecule has 0 saturated heterocycles. The number of nitrogens with one attached hydrogen (secondary N) is 2. The van der Waals surface area contributed by atoms with Gasteiger partial charge in [-0.1, -0.05) is 19.3 Å². The highest BCUT2D eigenvalue weighted by atomic mass is 16.3. The molecule has 3 rings (SSSR count). The Morgan fingerprint density at radius 3 is 2.56 bits per heavy atom. The van der Waals surface area contributed by atoms with Gasteiger partial charge >= 0.3 is 0 Å². The first-order valence-corrected chi connectivity index (χ1v) is 8.58. The highest BCUT2D eigenvalue weighted by Gasteiger charge is 2.42. The summed E-state index contributed by atoms with van der Waals surface area (Å²) in [4.78, 5) is 26.9. The predicted octanol–water partition coefficient (Wildman–Crippen LogP) is 2.50. The molecule has 1 aliphatic rings. The summed E-state index contributed by atoms with van der Waals surface area (Å²) < 4.78 is 5.54. The van der Waals surface area contributed by atoms with E-state index in [0.29, 0.717) is 24.3 Å². The van der Waals surface area contributed by atoms with Crippen molar-refractivity contribution < 1.29 is 14.0 Å². The third kappa shape index (κ3) is 3.45. The average Bonchev–Trinajstić information content (AvgIpc) is 3.23. The molecule has 0 aromatic carbocycles. The fraction of sp³-hybridized carbons (Fsp3) is 0.500. The lowest BCUT2D eigenvalue weighted by atomic mass is 9.80. The fourth-order valence-electron chi connectivity index (χ4n) is 3.40.